The summed E-state index contributed by atoms with van der Waals surface area (Å²) in [5, 5.41) is 9.19. The number of thiazole rings is 1. The lowest BCUT2D eigenvalue weighted by atomic mass is 9.95. The van der Waals surface area contributed by atoms with Gasteiger partial charge < -0.3 is 10.6 Å². The number of nitrogens with one attached hydrogen (secondary N) is 2. The van der Waals surface area contributed by atoms with E-state index in [0.717, 1.165) is 23.7 Å². The lowest BCUT2D eigenvalue weighted by Crippen LogP contribution is -2.47. The van der Waals surface area contributed by atoms with Crippen LogP contribution in [-0.2, 0) is 24.3 Å². The first-order valence-electron chi connectivity index (χ1n) is 6.71. The van der Waals surface area contributed by atoms with Crippen LogP contribution in [0.15, 0.2) is 29.6 Å². The molecule has 3 rings (SSSR count). The van der Waals surface area contributed by atoms with Crippen molar-refractivity contribution in [1.29, 1.82) is 0 Å². The number of hydrogen-bond donors (Lipinski definition) is 2. The Morgan fingerprint density at radius 3 is 2.77 bits per heavy atom. The third-order valence-corrected chi connectivity index (χ3v) is 4.44. The van der Waals surface area contributed by atoms with E-state index in [0.29, 0.717) is 6.54 Å². The van der Waals surface area contributed by atoms with Gasteiger partial charge in [-0.2, -0.15) is 0 Å². The number of halogens is 2. The third-order valence-electron chi connectivity index (χ3n) is 3.48. The number of rotatable bonds is 3. The van der Waals surface area contributed by atoms with Gasteiger partial charge in [-0.25, -0.2) is 4.98 Å². The minimum absolute atomic E-state index is 0. The lowest BCUT2D eigenvalue weighted by Gasteiger charge is -2.25. The van der Waals surface area contributed by atoms with Crippen LogP contribution in [0.2, 0.25) is 0 Å². The van der Waals surface area contributed by atoms with Gasteiger partial charge in [-0.15, -0.1) is 36.2 Å². The number of hydrogen-bond acceptors (Lipinski definition) is 4. The Morgan fingerprint density at radius 1 is 1.36 bits per heavy atom. The SMILES string of the molecule is Cc1csc(CNC(=O)C2Cc3ccccc3CN2)n1.Cl.Cl. The quantitative estimate of drug-likeness (QED) is 0.885. The number of aromatic nitrogens is 1. The zero-order chi connectivity index (χ0) is 13.9. The predicted octanol–water partition coefficient (Wildman–Crippen LogP) is 2.63. The van der Waals surface area contributed by atoms with Gasteiger partial charge in [-0.3, -0.25) is 4.79 Å². The fourth-order valence-electron chi connectivity index (χ4n) is 2.41. The average Bonchev–Trinajstić information content (AvgIpc) is 2.90. The molecule has 0 spiro atoms. The van der Waals surface area contributed by atoms with Crippen LogP contribution in [-0.4, -0.2) is 16.9 Å². The van der Waals surface area contributed by atoms with Crippen LogP contribution in [0.25, 0.3) is 0 Å². The number of fused-ring (bicyclic) bond motifs is 1. The first-order valence-corrected chi connectivity index (χ1v) is 7.59. The second kappa shape index (κ2) is 8.48. The number of nitrogens with zero attached hydrogens (tertiary/aromatic N) is 1. The number of carbonyl (C=O) groups is 1. The highest BCUT2D eigenvalue weighted by atomic mass is 35.5. The van der Waals surface area contributed by atoms with Crippen molar-refractivity contribution in [3.63, 3.8) is 0 Å². The molecule has 1 aliphatic rings. The van der Waals surface area contributed by atoms with Crippen molar-refractivity contribution in [3.8, 4) is 0 Å². The van der Waals surface area contributed by atoms with Crippen molar-refractivity contribution in [3.05, 3.63) is 51.5 Å². The molecule has 1 amide bonds. The van der Waals surface area contributed by atoms with Gasteiger partial charge in [0, 0.05) is 17.6 Å². The summed E-state index contributed by atoms with van der Waals surface area (Å²) in [6, 6.07) is 8.12. The zero-order valence-corrected chi connectivity index (χ0v) is 14.6. The van der Waals surface area contributed by atoms with Crippen LogP contribution >= 0.6 is 36.2 Å². The van der Waals surface area contributed by atoms with E-state index < -0.39 is 0 Å². The van der Waals surface area contributed by atoms with Gasteiger partial charge in [0.1, 0.15) is 5.01 Å². The molecular weight excluding hydrogens is 341 g/mol. The van der Waals surface area contributed by atoms with E-state index in [4.69, 9.17) is 0 Å². The number of carbonyl (C=O) groups excluding carboxylic acids is 1. The minimum Gasteiger partial charge on any atom is -0.348 e. The Hall–Kier alpha value is -1.14. The largest absolute Gasteiger partial charge is 0.348 e. The summed E-state index contributed by atoms with van der Waals surface area (Å²) in [5.41, 5.74) is 3.55. The summed E-state index contributed by atoms with van der Waals surface area (Å²) in [7, 11) is 0. The molecule has 0 bridgehead atoms. The smallest absolute Gasteiger partial charge is 0.237 e. The van der Waals surface area contributed by atoms with Crippen LogP contribution in [0, 0.1) is 6.92 Å². The van der Waals surface area contributed by atoms with Gasteiger partial charge in [0.05, 0.1) is 12.6 Å². The van der Waals surface area contributed by atoms with Gasteiger partial charge in [-0.05, 0) is 24.5 Å². The molecule has 2 heterocycles. The number of benzene rings is 1. The van der Waals surface area contributed by atoms with Crippen molar-refractivity contribution in [2.45, 2.75) is 32.5 Å². The van der Waals surface area contributed by atoms with Gasteiger partial charge in [0.25, 0.3) is 0 Å². The maximum absolute atomic E-state index is 12.2. The maximum atomic E-state index is 12.2. The molecule has 0 saturated heterocycles. The van der Waals surface area contributed by atoms with Crippen molar-refractivity contribution in [1.82, 2.24) is 15.6 Å². The van der Waals surface area contributed by atoms with Crippen LogP contribution in [0.3, 0.4) is 0 Å². The molecule has 0 aliphatic carbocycles. The summed E-state index contributed by atoms with van der Waals surface area (Å²) in [5.74, 6) is 0.0485. The van der Waals surface area contributed by atoms with E-state index >= 15 is 0 Å². The van der Waals surface area contributed by atoms with E-state index in [1.165, 1.54) is 11.1 Å². The Kier molecular flexibility index (Phi) is 7.29. The van der Waals surface area contributed by atoms with Crippen LogP contribution in [0.4, 0.5) is 0 Å². The van der Waals surface area contributed by atoms with E-state index in [2.05, 4.69) is 27.8 Å². The molecule has 1 atom stereocenters. The lowest BCUT2D eigenvalue weighted by molar-refractivity contribution is -0.123. The molecule has 1 aromatic carbocycles. The normalized spacial score (nSPS) is 16.0. The van der Waals surface area contributed by atoms with Crippen molar-refractivity contribution >= 4 is 42.1 Å². The van der Waals surface area contributed by atoms with Crippen LogP contribution < -0.4 is 10.6 Å². The average molecular weight is 360 g/mol. The second-order valence-corrected chi connectivity index (χ2v) is 5.95. The van der Waals surface area contributed by atoms with E-state index in [9.17, 15) is 4.79 Å². The Morgan fingerprint density at radius 2 is 2.09 bits per heavy atom. The molecule has 4 nitrogen and oxygen atoms in total. The summed E-state index contributed by atoms with van der Waals surface area (Å²) in [4.78, 5) is 16.5. The van der Waals surface area contributed by atoms with Gasteiger partial charge in [-0.1, -0.05) is 24.3 Å². The fourth-order valence-corrected chi connectivity index (χ4v) is 3.12. The molecule has 0 radical (unpaired) electrons. The molecule has 0 saturated carbocycles. The molecule has 2 N–H and O–H groups in total. The van der Waals surface area contributed by atoms with Crippen LogP contribution in [0.1, 0.15) is 21.8 Å². The zero-order valence-electron chi connectivity index (χ0n) is 12.2. The van der Waals surface area contributed by atoms with Gasteiger partial charge >= 0.3 is 0 Å². The summed E-state index contributed by atoms with van der Waals surface area (Å²) in [6.45, 7) is 3.23. The molecule has 1 aromatic heterocycles. The Bertz CT molecular complexity index is 633. The summed E-state index contributed by atoms with van der Waals surface area (Å²) >= 11 is 1.58. The minimum atomic E-state index is -0.147. The highest BCUT2D eigenvalue weighted by Gasteiger charge is 2.23. The Balaban J connectivity index is 0.00000121. The van der Waals surface area contributed by atoms with E-state index in [1.54, 1.807) is 11.3 Å². The molecule has 0 fully saturated rings. The molecule has 120 valence electrons. The highest BCUT2D eigenvalue weighted by molar-refractivity contribution is 7.09. The number of amides is 1. The first-order chi connectivity index (χ1) is 9.72. The summed E-state index contributed by atoms with van der Waals surface area (Å²) in [6.07, 6.45) is 0.749. The molecule has 7 heteroatoms. The maximum Gasteiger partial charge on any atom is 0.237 e. The second-order valence-electron chi connectivity index (χ2n) is 5.01. The molecular formula is C15H19Cl2N3OS. The Labute approximate surface area is 146 Å². The van der Waals surface area contributed by atoms with Gasteiger partial charge in [0.15, 0.2) is 0 Å². The van der Waals surface area contributed by atoms with Crippen molar-refractivity contribution < 1.29 is 4.79 Å². The summed E-state index contributed by atoms with van der Waals surface area (Å²) < 4.78 is 0. The third kappa shape index (κ3) is 4.43. The van der Waals surface area contributed by atoms with Crippen molar-refractivity contribution in [2.75, 3.05) is 0 Å². The highest BCUT2D eigenvalue weighted by Crippen LogP contribution is 2.16. The van der Waals surface area contributed by atoms with Crippen LogP contribution in [0.5, 0.6) is 0 Å². The molecule has 1 unspecified atom stereocenters. The molecule has 2 aromatic rings. The first kappa shape index (κ1) is 18.9. The molecule has 22 heavy (non-hydrogen) atoms. The number of aryl methyl sites for hydroxylation is 1. The molecule has 1 aliphatic heterocycles. The van der Waals surface area contributed by atoms with E-state index in [1.807, 2.05) is 24.4 Å². The topological polar surface area (TPSA) is 54.0 Å². The standard InChI is InChI=1S/C15H17N3OS.2ClH/c1-10-9-20-14(18-10)8-17-15(19)13-6-11-4-2-3-5-12(11)7-16-13;;/h2-5,9,13,16H,6-8H2,1H3,(H,17,19);2*1H. The van der Waals surface area contributed by atoms with Crippen molar-refractivity contribution in [2.24, 2.45) is 0 Å². The monoisotopic (exact) mass is 359 g/mol. The fraction of sp³-hybridized carbons (Fsp3) is 0.333. The van der Waals surface area contributed by atoms with Gasteiger partial charge in [0.2, 0.25) is 5.91 Å². The predicted molar refractivity (Wildman–Crippen MR) is 94.0 cm³/mol. The van der Waals surface area contributed by atoms with E-state index in [-0.39, 0.29) is 36.8 Å².